The van der Waals surface area contributed by atoms with E-state index < -0.39 is 0 Å². The Bertz CT molecular complexity index is 435. The second-order valence-corrected chi connectivity index (χ2v) is 4.70. The van der Waals surface area contributed by atoms with Crippen LogP contribution in [0.3, 0.4) is 0 Å². The minimum atomic E-state index is 0. The molecular weight excluding hydrogens is 317 g/mol. The molecule has 1 aromatic rings. The van der Waals surface area contributed by atoms with Crippen molar-refractivity contribution < 1.29 is 9.32 Å². The summed E-state index contributed by atoms with van der Waals surface area (Å²) in [6.45, 7) is 7.14. The van der Waals surface area contributed by atoms with E-state index in [0.29, 0.717) is 19.0 Å². The first kappa shape index (κ1) is 20.1. The van der Waals surface area contributed by atoms with Crippen LogP contribution in [-0.4, -0.2) is 58.6 Å². The molecule has 1 fully saturated rings. The quantitative estimate of drug-likeness (QED) is 0.865. The van der Waals surface area contributed by atoms with Crippen molar-refractivity contribution in [3.05, 3.63) is 11.7 Å². The zero-order chi connectivity index (χ0) is 13.8. The van der Waals surface area contributed by atoms with Gasteiger partial charge in [-0.3, -0.25) is 9.69 Å². The Morgan fingerprint density at radius 3 is 2.43 bits per heavy atom. The van der Waals surface area contributed by atoms with E-state index in [1.165, 1.54) is 0 Å². The average Bonchev–Trinajstić information content (AvgIpc) is 2.94. The maximum atomic E-state index is 11.5. The van der Waals surface area contributed by atoms with Crippen LogP contribution in [0.15, 0.2) is 4.52 Å². The lowest BCUT2D eigenvalue weighted by molar-refractivity contribution is -0.131. The monoisotopic (exact) mass is 339 g/mol. The van der Waals surface area contributed by atoms with Gasteiger partial charge in [0.1, 0.15) is 0 Å². The van der Waals surface area contributed by atoms with Gasteiger partial charge in [0.05, 0.1) is 12.6 Å². The smallest absolute Gasteiger partial charge is 0.243 e. The summed E-state index contributed by atoms with van der Waals surface area (Å²) in [6.07, 6.45) is 0.773. The molecule has 1 atom stereocenters. The van der Waals surface area contributed by atoms with Gasteiger partial charge in [0, 0.05) is 32.6 Å². The number of carbonyl (C=O) groups excluding carboxylic acids is 1. The summed E-state index contributed by atoms with van der Waals surface area (Å²) < 4.78 is 5.26. The Labute approximate surface area is 137 Å². The molecule has 1 aliphatic rings. The first-order valence-corrected chi connectivity index (χ1v) is 6.70. The van der Waals surface area contributed by atoms with Crippen LogP contribution in [0.1, 0.15) is 31.6 Å². The number of aromatic nitrogens is 2. The molecule has 1 amide bonds. The maximum Gasteiger partial charge on any atom is 0.243 e. The summed E-state index contributed by atoms with van der Waals surface area (Å²) in [5.74, 6) is 1.40. The third kappa shape index (κ3) is 4.81. The Hall–Kier alpha value is -0.890. The van der Waals surface area contributed by atoms with Crippen LogP contribution in [-0.2, 0) is 11.2 Å². The van der Waals surface area contributed by atoms with Crippen LogP contribution in [0, 0.1) is 0 Å². The lowest BCUT2D eigenvalue weighted by atomic mass is 10.2. The van der Waals surface area contributed by atoms with Gasteiger partial charge >= 0.3 is 0 Å². The number of nitrogens with two attached hydrogens (primary N) is 1. The standard InChI is InChI=1S/C12H21N5O2.2ClH/c1-3-10-14-12(19-15-10)9(2)16-4-6-17(7-5-16)11(18)8-13;;/h9H,3-8,13H2,1-2H3;2*1H. The van der Waals surface area contributed by atoms with E-state index in [-0.39, 0.29) is 43.3 Å². The molecule has 21 heavy (non-hydrogen) atoms. The van der Waals surface area contributed by atoms with Crippen LogP contribution >= 0.6 is 24.8 Å². The highest BCUT2D eigenvalue weighted by Crippen LogP contribution is 2.20. The van der Waals surface area contributed by atoms with Crippen LogP contribution in [0.4, 0.5) is 0 Å². The lowest BCUT2D eigenvalue weighted by Gasteiger charge is -2.36. The molecule has 0 radical (unpaired) electrons. The molecule has 2 heterocycles. The highest BCUT2D eigenvalue weighted by atomic mass is 35.5. The minimum absolute atomic E-state index is 0. The van der Waals surface area contributed by atoms with E-state index in [0.717, 1.165) is 25.3 Å². The van der Waals surface area contributed by atoms with Gasteiger partial charge in [-0.05, 0) is 6.92 Å². The minimum Gasteiger partial charge on any atom is -0.339 e. The van der Waals surface area contributed by atoms with Crippen molar-refractivity contribution in [2.75, 3.05) is 32.7 Å². The molecule has 1 saturated heterocycles. The fourth-order valence-electron chi connectivity index (χ4n) is 2.22. The van der Waals surface area contributed by atoms with Crippen molar-refractivity contribution in [3.8, 4) is 0 Å². The molecule has 1 aromatic heterocycles. The Morgan fingerprint density at radius 2 is 1.95 bits per heavy atom. The van der Waals surface area contributed by atoms with E-state index in [2.05, 4.69) is 15.0 Å². The van der Waals surface area contributed by atoms with Gasteiger partial charge in [-0.2, -0.15) is 4.98 Å². The van der Waals surface area contributed by atoms with Crippen LogP contribution in [0.5, 0.6) is 0 Å². The zero-order valence-electron chi connectivity index (χ0n) is 12.3. The topological polar surface area (TPSA) is 88.5 Å². The van der Waals surface area contributed by atoms with Crippen molar-refractivity contribution >= 4 is 30.7 Å². The first-order chi connectivity index (χ1) is 9.15. The van der Waals surface area contributed by atoms with Gasteiger partial charge in [0.15, 0.2) is 5.82 Å². The van der Waals surface area contributed by atoms with Crippen molar-refractivity contribution in [2.45, 2.75) is 26.3 Å². The molecule has 2 rings (SSSR count). The molecule has 0 bridgehead atoms. The normalized spacial score (nSPS) is 16.8. The van der Waals surface area contributed by atoms with Crippen molar-refractivity contribution in [1.29, 1.82) is 0 Å². The predicted molar refractivity (Wildman–Crippen MR) is 83.8 cm³/mol. The number of nitrogens with zero attached hydrogens (tertiary/aromatic N) is 4. The fourth-order valence-corrected chi connectivity index (χ4v) is 2.22. The molecule has 2 N–H and O–H groups in total. The van der Waals surface area contributed by atoms with Crippen molar-refractivity contribution in [3.63, 3.8) is 0 Å². The van der Waals surface area contributed by atoms with Crippen LogP contribution in [0.2, 0.25) is 0 Å². The highest BCUT2D eigenvalue weighted by Gasteiger charge is 2.26. The number of amides is 1. The average molecular weight is 340 g/mol. The van der Waals surface area contributed by atoms with Crippen molar-refractivity contribution in [2.24, 2.45) is 5.73 Å². The largest absolute Gasteiger partial charge is 0.339 e. The summed E-state index contributed by atoms with van der Waals surface area (Å²) in [6, 6.07) is 0.0860. The first-order valence-electron chi connectivity index (χ1n) is 6.70. The van der Waals surface area contributed by atoms with E-state index in [1.54, 1.807) is 4.90 Å². The predicted octanol–water partition coefficient (Wildman–Crippen LogP) is 0.639. The number of piperazine rings is 1. The third-order valence-electron chi connectivity index (χ3n) is 3.55. The zero-order valence-corrected chi connectivity index (χ0v) is 14.0. The van der Waals surface area contributed by atoms with Gasteiger partial charge in [-0.25, -0.2) is 0 Å². The summed E-state index contributed by atoms with van der Waals surface area (Å²) in [5, 5.41) is 3.91. The van der Waals surface area contributed by atoms with Gasteiger partial charge in [-0.1, -0.05) is 12.1 Å². The molecule has 0 aromatic carbocycles. The lowest BCUT2D eigenvalue weighted by Crippen LogP contribution is -2.50. The molecule has 122 valence electrons. The van der Waals surface area contributed by atoms with Crippen LogP contribution < -0.4 is 5.73 Å². The number of carbonyl (C=O) groups is 1. The summed E-state index contributed by atoms with van der Waals surface area (Å²) in [7, 11) is 0. The molecule has 0 spiro atoms. The number of rotatable bonds is 4. The van der Waals surface area contributed by atoms with E-state index in [1.807, 2.05) is 13.8 Å². The number of halogens is 2. The SMILES string of the molecule is CCc1noc(C(C)N2CCN(C(=O)CN)CC2)n1.Cl.Cl. The number of aryl methyl sites for hydroxylation is 1. The summed E-state index contributed by atoms with van der Waals surface area (Å²) >= 11 is 0. The summed E-state index contributed by atoms with van der Waals surface area (Å²) in [5.41, 5.74) is 5.37. The van der Waals surface area contributed by atoms with Gasteiger partial charge in [-0.15, -0.1) is 24.8 Å². The molecule has 0 aliphatic carbocycles. The second-order valence-electron chi connectivity index (χ2n) is 4.70. The Kier molecular flexibility index (Phi) is 8.80. The van der Waals surface area contributed by atoms with E-state index >= 15 is 0 Å². The van der Waals surface area contributed by atoms with Gasteiger partial charge < -0.3 is 15.2 Å². The maximum absolute atomic E-state index is 11.5. The molecule has 1 unspecified atom stereocenters. The van der Waals surface area contributed by atoms with Gasteiger partial charge in [0.2, 0.25) is 11.8 Å². The highest BCUT2D eigenvalue weighted by molar-refractivity contribution is 5.85. The number of hydrogen-bond donors (Lipinski definition) is 1. The molecular formula is C12H23Cl2N5O2. The molecule has 1 aliphatic heterocycles. The molecule has 0 saturated carbocycles. The van der Waals surface area contributed by atoms with E-state index in [4.69, 9.17) is 10.3 Å². The fraction of sp³-hybridized carbons (Fsp3) is 0.750. The number of hydrogen-bond acceptors (Lipinski definition) is 6. The second kappa shape index (κ2) is 9.19. The molecule has 7 nitrogen and oxygen atoms in total. The summed E-state index contributed by atoms with van der Waals surface area (Å²) in [4.78, 5) is 19.9. The van der Waals surface area contributed by atoms with Crippen molar-refractivity contribution in [1.82, 2.24) is 19.9 Å². The van der Waals surface area contributed by atoms with E-state index in [9.17, 15) is 4.79 Å². The third-order valence-corrected chi connectivity index (χ3v) is 3.55. The Morgan fingerprint density at radius 1 is 1.33 bits per heavy atom. The van der Waals surface area contributed by atoms with Crippen LogP contribution in [0.25, 0.3) is 0 Å². The Balaban J connectivity index is 0.00000200. The van der Waals surface area contributed by atoms with Gasteiger partial charge in [0.25, 0.3) is 0 Å². The molecule has 9 heteroatoms.